The maximum absolute atomic E-state index is 11.5. The van der Waals surface area contributed by atoms with Crippen LogP contribution in [-0.4, -0.2) is 64.7 Å². The number of rotatable bonds is 9. The molecule has 3 atom stereocenters. The summed E-state index contributed by atoms with van der Waals surface area (Å²) in [6.07, 6.45) is 3.65. The number of amides is 1. The third kappa shape index (κ3) is 7.31. The summed E-state index contributed by atoms with van der Waals surface area (Å²) in [5.74, 6) is 0.728. The van der Waals surface area contributed by atoms with Gasteiger partial charge >= 0.3 is 0 Å². The molecule has 0 aliphatic carbocycles. The van der Waals surface area contributed by atoms with E-state index in [4.69, 9.17) is 9.47 Å². The predicted octanol–water partition coefficient (Wildman–Crippen LogP) is 4.64. The highest BCUT2D eigenvalue weighted by molar-refractivity contribution is 5.74. The maximum atomic E-state index is 11.5. The van der Waals surface area contributed by atoms with Gasteiger partial charge in [0.05, 0.1) is 18.8 Å². The van der Waals surface area contributed by atoms with Crippen LogP contribution in [0.25, 0.3) is 11.1 Å². The second-order valence-electron chi connectivity index (χ2n) is 11.4. The lowest BCUT2D eigenvalue weighted by atomic mass is 9.97. The lowest BCUT2D eigenvalue weighted by Gasteiger charge is -2.40. The molecule has 6 rings (SSSR count). The molecule has 3 aromatic carbocycles. The monoisotopic (exact) mass is 593 g/mol. The normalized spacial score (nSPS) is 20.8. The number of aliphatic hydroxyl groups excluding tert-OH is 1. The van der Waals surface area contributed by atoms with Crippen molar-refractivity contribution in [2.24, 2.45) is 0 Å². The highest BCUT2D eigenvalue weighted by Crippen LogP contribution is 2.39. The topological polar surface area (TPSA) is 100 Å². The molecule has 9 heteroatoms. The van der Waals surface area contributed by atoms with E-state index in [0.717, 1.165) is 78.5 Å². The number of aromatic nitrogens is 2. The van der Waals surface area contributed by atoms with Crippen molar-refractivity contribution >= 4 is 11.9 Å². The molecule has 2 saturated heterocycles. The van der Waals surface area contributed by atoms with Gasteiger partial charge in [-0.05, 0) is 33.9 Å². The van der Waals surface area contributed by atoms with Gasteiger partial charge < -0.3 is 24.8 Å². The fourth-order valence-corrected chi connectivity index (χ4v) is 5.90. The van der Waals surface area contributed by atoms with Crippen LogP contribution in [0.2, 0.25) is 0 Å². The Morgan fingerprint density at radius 3 is 2.30 bits per heavy atom. The lowest BCUT2D eigenvalue weighted by molar-refractivity contribution is -0.253. The Morgan fingerprint density at radius 1 is 0.886 bits per heavy atom. The van der Waals surface area contributed by atoms with Gasteiger partial charge in [-0.25, -0.2) is 9.97 Å². The molecule has 4 aromatic rings. The summed E-state index contributed by atoms with van der Waals surface area (Å²) >= 11 is 0. The summed E-state index contributed by atoms with van der Waals surface area (Å²) in [5.41, 5.74) is 6.13. The number of hydrogen-bond donors (Lipinski definition) is 2. The molecule has 3 heterocycles. The maximum Gasteiger partial charge on any atom is 0.225 e. The summed E-state index contributed by atoms with van der Waals surface area (Å²) in [6, 6.07) is 26.3. The minimum atomic E-state index is -0.515. The molecule has 0 spiro atoms. The molecule has 2 aliphatic rings. The van der Waals surface area contributed by atoms with Crippen LogP contribution in [0.5, 0.6) is 0 Å². The SMILES string of the molecule is CC(=O)NCc1ccccc1-c1ccc([C@H]2O[C@@H](CN3CCN(c4ncccn4)CC3)C[C@@H](c3ccc(CO)cc3)O2)cc1. The average molecular weight is 594 g/mol. The van der Waals surface area contributed by atoms with Gasteiger partial charge in [-0.3, -0.25) is 9.69 Å². The zero-order valence-electron chi connectivity index (χ0n) is 25.0. The number of piperazine rings is 1. The molecule has 228 valence electrons. The molecule has 0 bridgehead atoms. The Labute approximate surface area is 258 Å². The van der Waals surface area contributed by atoms with Crippen molar-refractivity contribution in [3.63, 3.8) is 0 Å². The Kier molecular flexibility index (Phi) is 9.58. The van der Waals surface area contributed by atoms with Gasteiger partial charge in [0.2, 0.25) is 11.9 Å². The van der Waals surface area contributed by atoms with Crippen molar-refractivity contribution in [2.45, 2.75) is 45.0 Å². The number of carbonyl (C=O) groups excluding carboxylic acids is 1. The Hall–Kier alpha value is -4.15. The van der Waals surface area contributed by atoms with Gasteiger partial charge in [0.15, 0.2) is 6.29 Å². The summed E-state index contributed by atoms with van der Waals surface area (Å²) in [4.78, 5) is 25.0. The van der Waals surface area contributed by atoms with E-state index in [1.807, 2.05) is 48.5 Å². The number of aliphatic hydroxyl groups is 1. The van der Waals surface area contributed by atoms with Crippen LogP contribution < -0.4 is 10.2 Å². The van der Waals surface area contributed by atoms with Gasteiger partial charge in [-0.1, -0.05) is 72.8 Å². The van der Waals surface area contributed by atoms with E-state index in [9.17, 15) is 9.90 Å². The first-order valence-electron chi connectivity index (χ1n) is 15.2. The summed E-state index contributed by atoms with van der Waals surface area (Å²) in [7, 11) is 0. The van der Waals surface area contributed by atoms with Crippen molar-refractivity contribution in [1.82, 2.24) is 20.2 Å². The quantitative estimate of drug-likeness (QED) is 0.290. The van der Waals surface area contributed by atoms with E-state index in [0.29, 0.717) is 6.54 Å². The smallest absolute Gasteiger partial charge is 0.225 e. The highest BCUT2D eigenvalue weighted by atomic mass is 16.7. The zero-order valence-corrected chi connectivity index (χ0v) is 25.0. The average Bonchev–Trinajstić information content (AvgIpc) is 3.08. The fraction of sp³-hybridized carbons (Fsp3) is 0.343. The van der Waals surface area contributed by atoms with Crippen LogP contribution in [-0.2, 0) is 27.4 Å². The van der Waals surface area contributed by atoms with Crippen LogP contribution in [0.3, 0.4) is 0 Å². The third-order valence-electron chi connectivity index (χ3n) is 8.32. The molecule has 1 amide bonds. The van der Waals surface area contributed by atoms with Gasteiger partial charge in [-0.2, -0.15) is 0 Å². The molecule has 0 unspecified atom stereocenters. The van der Waals surface area contributed by atoms with E-state index < -0.39 is 6.29 Å². The number of anilines is 1. The van der Waals surface area contributed by atoms with Gasteiger partial charge in [0, 0.05) is 70.6 Å². The van der Waals surface area contributed by atoms with Crippen LogP contribution in [0.15, 0.2) is 91.3 Å². The summed E-state index contributed by atoms with van der Waals surface area (Å²) < 4.78 is 13.2. The van der Waals surface area contributed by atoms with Gasteiger partial charge in [0.1, 0.15) is 0 Å². The number of benzene rings is 3. The Bertz CT molecular complexity index is 1510. The number of hydrogen-bond acceptors (Lipinski definition) is 8. The molecule has 0 radical (unpaired) electrons. The van der Waals surface area contributed by atoms with E-state index in [-0.39, 0.29) is 24.7 Å². The number of ether oxygens (including phenoxy) is 2. The van der Waals surface area contributed by atoms with Crippen molar-refractivity contribution in [1.29, 1.82) is 0 Å². The first-order chi connectivity index (χ1) is 21.6. The first kappa shape index (κ1) is 29.9. The molecule has 1 aromatic heterocycles. The Morgan fingerprint density at radius 2 is 1.59 bits per heavy atom. The summed E-state index contributed by atoms with van der Waals surface area (Å²) in [6.45, 7) is 6.39. The minimum absolute atomic E-state index is 0.0143. The van der Waals surface area contributed by atoms with E-state index >= 15 is 0 Å². The van der Waals surface area contributed by atoms with Crippen molar-refractivity contribution in [2.75, 3.05) is 37.6 Å². The van der Waals surface area contributed by atoms with Crippen molar-refractivity contribution < 1.29 is 19.4 Å². The first-order valence-corrected chi connectivity index (χ1v) is 15.2. The largest absolute Gasteiger partial charge is 0.392 e. The van der Waals surface area contributed by atoms with Crippen LogP contribution in [0.4, 0.5) is 5.95 Å². The molecule has 0 saturated carbocycles. The second-order valence-corrected chi connectivity index (χ2v) is 11.4. The standard InChI is InChI=1S/C35H39N5O4/c1-25(42)38-22-30-5-2-3-6-32(30)27-11-13-29(14-12-27)34-43-31(21-33(44-34)28-9-7-26(24-41)8-10-28)23-39-17-19-40(20-18-39)35-36-15-4-16-37-35/h2-16,31,33-34,41H,17-24H2,1H3,(H,38,42)/t31-,33+,34+/m1/s1. The van der Waals surface area contributed by atoms with Crippen LogP contribution >= 0.6 is 0 Å². The molecule has 2 aliphatic heterocycles. The van der Waals surface area contributed by atoms with E-state index in [1.54, 1.807) is 12.4 Å². The van der Waals surface area contributed by atoms with E-state index in [2.05, 4.69) is 55.4 Å². The van der Waals surface area contributed by atoms with Crippen molar-refractivity contribution in [3.8, 4) is 11.1 Å². The van der Waals surface area contributed by atoms with Crippen LogP contribution in [0.1, 0.15) is 48.0 Å². The van der Waals surface area contributed by atoms with E-state index in [1.165, 1.54) is 6.92 Å². The molecule has 2 N–H and O–H groups in total. The second kappa shape index (κ2) is 14.1. The number of carbonyl (C=O) groups is 1. The highest BCUT2D eigenvalue weighted by Gasteiger charge is 2.34. The number of nitrogens with zero attached hydrogens (tertiary/aromatic N) is 4. The van der Waals surface area contributed by atoms with Crippen molar-refractivity contribution in [3.05, 3.63) is 114 Å². The molecule has 9 nitrogen and oxygen atoms in total. The molecule has 44 heavy (non-hydrogen) atoms. The zero-order chi connectivity index (χ0) is 30.3. The lowest BCUT2D eigenvalue weighted by Crippen LogP contribution is -2.50. The molecule has 2 fully saturated rings. The third-order valence-corrected chi connectivity index (χ3v) is 8.32. The summed E-state index contributed by atoms with van der Waals surface area (Å²) in [5, 5.41) is 12.4. The fourth-order valence-electron chi connectivity index (χ4n) is 5.90. The minimum Gasteiger partial charge on any atom is -0.392 e. The molecular formula is C35H39N5O4. The van der Waals surface area contributed by atoms with Gasteiger partial charge in [-0.15, -0.1) is 0 Å². The van der Waals surface area contributed by atoms with Crippen LogP contribution in [0, 0.1) is 0 Å². The van der Waals surface area contributed by atoms with Gasteiger partial charge in [0.25, 0.3) is 0 Å². The Balaban J connectivity index is 1.18. The predicted molar refractivity (Wildman–Crippen MR) is 169 cm³/mol. The molecular weight excluding hydrogens is 554 g/mol. The number of nitrogens with one attached hydrogen (secondary N) is 1.